The zero-order valence-corrected chi connectivity index (χ0v) is 13.1. The first-order chi connectivity index (χ1) is 8.78. The van der Waals surface area contributed by atoms with Gasteiger partial charge in [0, 0.05) is 17.6 Å². The molecule has 102 valence electrons. The molecular formula is C15H17BrClNO. The molecule has 1 N–H and O–H groups in total. The molecule has 0 atom stereocenters. The van der Waals surface area contributed by atoms with Crippen molar-refractivity contribution in [1.82, 2.24) is 5.32 Å². The van der Waals surface area contributed by atoms with Gasteiger partial charge < -0.3 is 10.1 Å². The smallest absolute Gasteiger partial charge is 0.118 e. The van der Waals surface area contributed by atoms with Crippen molar-refractivity contribution in [2.24, 2.45) is 0 Å². The Kier molecular flexibility index (Phi) is 6.92. The van der Waals surface area contributed by atoms with Gasteiger partial charge in [-0.2, -0.15) is 0 Å². The lowest BCUT2D eigenvalue weighted by Crippen LogP contribution is -2.12. The Labute approximate surface area is 128 Å². The molecule has 2 aromatic rings. The molecule has 0 aliphatic heterocycles. The molecule has 0 spiro atoms. The fraction of sp³-hybridized carbons (Fsp3) is 0.200. The summed E-state index contributed by atoms with van der Waals surface area (Å²) >= 11 is 3.47. The van der Waals surface area contributed by atoms with Gasteiger partial charge in [0.1, 0.15) is 5.75 Å². The van der Waals surface area contributed by atoms with E-state index in [1.165, 1.54) is 11.1 Å². The number of nitrogens with one attached hydrogen (secondary N) is 1. The number of benzene rings is 2. The van der Waals surface area contributed by atoms with Crippen LogP contribution in [-0.2, 0) is 13.1 Å². The molecule has 0 radical (unpaired) electrons. The Balaban J connectivity index is 0.00000180. The third-order valence-corrected chi connectivity index (χ3v) is 3.20. The molecule has 19 heavy (non-hydrogen) atoms. The van der Waals surface area contributed by atoms with Crippen LogP contribution in [0.15, 0.2) is 53.0 Å². The first-order valence-corrected chi connectivity index (χ1v) is 6.65. The van der Waals surface area contributed by atoms with E-state index in [1.54, 1.807) is 7.11 Å². The standard InChI is InChI=1S/C15H16BrNO.ClH/c1-18-15-7-5-12(6-8-15)10-17-11-13-3-2-4-14(16)9-13;/h2-9,17H,10-11H2,1H3;1H. The van der Waals surface area contributed by atoms with Gasteiger partial charge in [0.25, 0.3) is 0 Å². The second-order valence-electron chi connectivity index (χ2n) is 4.08. The van der Waals surface area contributed by atoms with Crippen LogP contribution in [0.25, 0.3) is 0 Å². The van der Waals surface area contributed by atoms with Crippen LogP contribution in [-0.4, -0.2) is 7.11 Å². The van der Waals surface area contributed by atoms with E-state index in [4.69, 9.17) is 4.74 Å². The molecule has 2 aromatic carbocycles. The van der Waals surface area contributed by atoms with E-state index in [1.807, 2.05) is 18.2 Å². The summed E-state index contributed by atoms with van der Waals surface area (Å²) in [5.74, 6) is 0.894. The van der Waals surface area contributed by atoms with Crippen LogP contribution in [0.5, 0.6) is 5.75 Å². The van der Waals surface area contributed by atoms with Gasteiger partial charge in [-0.25, -0.2) is 0 Å². The maximum atomic E-state index is 5.13. The lowest BCUT2D eigenvalue weighted by atomic mass is 10.2. The molecule has 0 aromatic heterocycles. The summed E-state index contributed by atoms with van der Waals surface area (Å²) in [6, 6.07) is 16.4. The highest BCUT2D eigenvalue weighted by Crippen LogP contribution is 2.13. The Morgan fingerprint density at radius 1 is 1.00 bits per heavy atom. The highest BCUT2D eigenvalue weighted by Gasteiger charge is 1.96. The topological polar surface area (TPSA) is 21.3 Å². The van der Waals surface area contributed by atoms with Gasteiger partial charge in [0.2, 0.25) is 0 Å². The molecule has 0 aliphatic rings. The van der Waals surface area contributed by atoms with E-state index < -0.39 is 0 Å². The number of methoxy groups -OCH3 is 1. The molecule has 2 nitrogen and oxygen atoms in total. The van der Waals surface area contributed by atoms with Crippen LogP contribution in [0.4, 0.5) is 0 Å². The van der Waals surface area contributed by atoms with Gasteiger partial charge in [-0.1, -0.05) is 40.2 Å². The van der Waals surface area contributed by atoms with E-state index in [9.17, 15) is 0 Å². The Hall–Kier alpha value is -1.03. The highest BCUT2D eigenvalue weighted by molar-refractivity contribution is 9.10. The van der Waals surface area contributed by atoms with Crippen LogP contribution in [0.3, 0.4) is 0 Å². The normalized spacial score (nSPS) is 9.79. The van der Waals surface area contributed by atoms with Gasteiger partial charge >= 0.3 is 0 Å². The van der Waals surface area contributed by atoms with Gasteiger partial charge in [-0.15, -0.1) is 12.4 Å². The summed E-state index contributed by atoms with van der Waals surface area (Å²) in [5.41, 5.74) is 2.53. The lowest BCUT2D eigenvalue weighted by molar-refractivity contribution is 0.414. The second kappa shape index (κ2) is 8.20. The SMILES string of the molecule is COc1ccc(CNCc2cccc(Br)c2)cc1.Cl. The van der Waals surface area contributed by atoms with Crippen molar-refractivity contribution in [2.75, 3.05) is 7.11 Å². The molecule has 4 heteroatoms. The fourth-order valence-electron chi connectivity index (χ4n) is 1.74. The summed E-state index contributed by atoms with van der Waals surface area (Å²) in [5, 5.41) is 3.42. The summed E-state index contributed by atoms with van der Waals surface area (Å²) in [4.78, 5) is 0. The summed E-state index contributed by atoms with van der Waals surface area (Å²) < 4.78 is 6.25. The Bertz CT molecular complexity index is 502. The number of ether oxygens (including phenoxy) is 1. The van der Waals surface area contributed by atoms with Crippen molar-refractivity contribution >= 4 is 28.3 Å². The Morgan fingerprint density at radius 2 is 1.68 bits per heavy atom. The van der Waals surface area contributed by atoms with E-state index in [-0.39, 0.29) is 12.4 Å². The van der Waals surface area contributed by atoms with Crippen LogP contribution < -0.4 is 10.1 Å². The maximum Gasteiger partial charge on any atom is 0.118 e. The Morgan fingerprint density at radius 3 is 2.32 bits per heavy atom. The first-order valence-electron chi connectivity index (χ1n) is 5.86. The predicted octanol–water partition coefficient (Wildman–Crippen LogP) is 4.17. The third kappa shape index (κ3) is 5.23. The minimum absolute atomic E-state index is 0. The summed E-state index contributed by atoms with van der Waals surface area (Å²) in [6.45, 7) is 1.72. The number of hydrogen-bond donors (Lipinski definition) is 1. The summed E-state index contributed by atoms with van der Waals surface area (Å²) in [6.07, 6.45) is 0. The van der Waals surface area contributed by atoms with E-state index in [0.717, 1.165) is 23.3 Å². The van der Waals surface area contributed by atoms with Crippen molar-refractivity contribution < 1.29 is 4.74 Å². The van der Waals surface area contributed by atoms with E-state index in [2.05, 4.69) is 51.6 Å². The van der Waals surface area contributed by atoms with Crippen molar-refractivity contribution in [2.45, 2.75) is 13.1 Å². The van der Waals surface area contributed by atoms with Crippen molar-refractivity contribution in [3.05, 3.63) is 64.1 Å². The van der Waals surface area contributed by atoms with Crippen LogP contribution in [0.2, 0.25) is 0 Å². The third-order valence-electron chi connectivity index (χ3n) is 2.71. The summed E-state index contributed by atoms with van der Waals surface area (Å²) in [7, 11) is 1.68. The zero-order valence-electron chi connectivity index (χ0n) is 10.7. The average molecular weight is 343 g/mol. The minimum Gasteiger partial charge on any atom is -0.497 e. The molecule has 0 amide bonds. The van der Waals surface area contributed by atoms with Gasteiger partial charge in [0.05, 0.1) is 7.11 Å². The largest absolute Gasteiger partial charge is 0.497 e. The molecular weight excluding hydrogens is 326 g/mol. The van der Waals surface area contributed by atoms with Crippen LogP contribution in [0, 0.1) is 0 Å². The molecule has 0 bridgehead atoms. The van der Waals surface area contributed by atoms with Gasteiger partial charge in [0.15, 0.2) is 0 Å². The van der Waals surface area contributed by atoms with Crippen LogP contribution in [0.1, 0.15) is 11.1 Å². The monoisotopic (exact) mass is 341 g/mol. The average Bonchev–Trinajstić information content (AvgIpc) is 2.40. The number of halogens is 2. The van der Waals surface area contributed by atoms with Crippen molar-refractivity contribution in [3.63, 3.8) is 0 Å². The first kappa shape index (κ1) is 16.0. The van der Waals surface area contributed by atoms with Gasteiger partial charge in [-0.05, 0) is 35.4 Å². The lowest BCUT2D eigenvalue weighted by Gasteiger charge is -2.06. The quantitative estimate of drug-likeness (QED) is 0.880. The second-order valence-corrected chi connectivity index (χ2v) is 5.00. The fourth-order valence-corrected chi connectivity index (χ4v) is 2.19. The molecule has 0 saturated carbocycles. The molecule has 0 unspecified atom stereocenters. The minimum atomic E-state index is 0. The number of rotatable bonds is 5. The predicted molar refractivity (Wildman–Crippen MR) is 84.9 cm³/mol. The molecule has 0 fully saturated rings. The molecule has 0 aliphatic carbocycles. The van der Waals surface area contributed by atoms with Crippen molar-refractivity contribution in [3.8, 4) is 5.75 Å². The van der Waals surface area contributed by atoms with E-state index >= 15 is 0 Å². The number of hydrogen-bond acceptors (Lipinski definition) is 2. The maximum absolute atomic E-state index is 5.13. The molecule has 0 saturated heterocycles. The zero-order chi connectivity index (χ0) is 12.8. The molecule has 2 rings (SSSR count). The molecule has 0 heterocycles. The van der Waals surface area contributed by atoms with Crippen molar-refractivity contribution in [1.29, 1.82) is 0 Å². The van der Waals surface area contributed by atoms with E-state index in [0.29, 0.717) is 0 Å². The van der Waals surface area contributed by atoms with Crippen LogP contribution >= 0.6 is 28.3 Å². The van der Waals surface area contributed by atoms with Gasteiger partial charge in [-0.3, -0.25) is 0 Å². The highest BCUT2D eigenvalue weighted by atomic mass is 79.9.